The second kappa shape index (κ2) is 5.51. The molecule has 2 rings (SSSR count). The standard InChI is InChI=1S/C11H17N3O2.ClH/c1-7-10(16-8(2)13-7)11(15)14(3)9-4-5-12-6-9;/h9,12H,4-6H2,1-3H3;1H. The first-order valence-electron chi connectivity index (χ1n) is 5.51. The fourth-order valence-corrected chi connectivity index (χ4v) is 2.03. The molecule has 0 spiro atoms. The number of halogens is 1. The summed E-state index contributed by atoms with van der Waals surface area (Å²) in [7, 11) is 1.82. The molecule has 1 unspecified atom stereocenters. The molecule has 5 nitrogen and oxygen atoms in total. The normalized spacial score (nSPS) is 18.9. The van der Waals surface area contributed by atoms with Crippen LogP contribution in [0.1, 0.15) is 28.6 Å². The molecule has 1 aliphatic heterocycles. The number of hydrogen-bond donors (Lipinski definition) is 1. The van der Waals surface area contributed by atoms with Gasteiger partial charge in [-0.25, -0.2) is 4.98 Å². The van der Waals surface area contributed by atoms with Crippen LogP contribution in [0, 0.1) is 13.8 Å². The van der Waals surface area contributed by atoms with Crippen molar-refractivity contribution < 1.29 is 9.21 Å². The molecule has 1 amide bonds. The first-order chi connectivity index (χ1) is 7.59. The maximum absolute atomic E-state index is 12.1. The summed E-state index contributed by atoms with van der Waals surface area (Å²) in [5.74, 6) is 0.831. The van der Waals surface area contributed by atoms with Gasteiger partial charge in [-0.1, -0.05) is 0 Å². The third-order valence-corrected chi connectivity index (χ3v) is 3.00. The maximum Gasteiger partial charge on any atom is 0.291 e. The molecule has 1 N–H and O–H groups in total. The van der Waals surface area contributed by atoms with Crippen molar-refractivity contribution in [1.82, 2.24) is 15.2 Å². The van der Waals surface area contributed by atoms with Crippen LogP contribution in [-0.2, 0) is 0 Å². The van der Waals surface area contributed by atoms with Crippen molar-refractivity contribution in [1.29, 1.82) is 0 Å². The molecular weight excluding hydrogens is 242 g/mol. The average Bonchev–Trinajstić information content (AvgIpc) is 2.85. The summed E-state index contributed by atoms with van der Waals surface area (Å²) in [6, 6.07) is 0.261. The minimum Gasteiger partial charge on any atom is -0.436 e. The van der Waals surface area contributed by atoms with E-state index in [1.807, 2.05) is 7.05 Å². The second-order valence-corrected chi connectivity index (χ2v) is 4.21. The van der Waals surface area contributed by atoms with Crippen molar-refractivity contribution in [2.24, 2.45) is 0 Å². The number of likely N-dealkylation sites (N-methyl/N-ethyl adjacent to an activating group) is 1. The topological polar surface area (TPSA) is 58.4 Å². The molecule has 6 heteroatoms. The number of carbonyl (C=O) groups excluding carboxylic acids is 1. The Morgan fingerprint density at radius 2 is 2.24 bits per heavy atom. The molecule has 17 heavy (non-hydrogen) atoms. The highest BCUT2D eigenvalue weighted by Crippen LogP contribution is 2.15. The van der Waals surface area contributed by atoms with Crippen molar-refractivity contribution in [3.05, 3.63) is 17.3 Å². The van der Waals surface area contributed by atoms with Gasteiger partial charge in [-0.2, -0.15) is 0 Å². The summed E-state index contributed by atoms with van der Waals surface area (Å²) in [6.45, 7) is 5.37. The molecule has 1 aliphatic rings. The van der Waals surface area contributed by atoms with Gasteiger partial charge < -0.3 is 14.6 Å². The Morgan fingerprint density at radius 3 is 2.71 bits per heavy atom. The van der Waals surface area contributed by atoms with Crippen LogP contribution in [0.4, 0.5) is 0 Å². The minimum atomic E-state index is -0.0770. The lowest BCUT2D eigenvalue weighted by atomic mass is 10.2. The lowest BCUT2D eigenvalue weighted by Crippen LogP contribution is -2.38. The molecule has 1 saturated heterocycles. The van der Waals surface area contributed by atoms with Crippen molar-refractivity contribution in [2.45, 2.75) is 26.3 Å². The van der Waals surface area contributed by atoms with Gasteiger partial charge >= 0.3 is 0 Å². The van der Waals surface area contributed by atoms with Gasteiger partial charge in [0.2, 0.25) is 5.76 Å². The second-order valence-electron chi connectivity index (χ2n) is 4.21. The van der Waals surface area contributed by atoms with Gasteiger partial charge in [0, 0.05) is 26.6 Å². The van der Waals surface area contributed by atoms with E-state index in [4.69, 9.17) is 4.42 Å². The van der Waals surface area contributed by atoms with E-state index in [1.165, 1.54) is 0 Å². The van der Waals surface area contributed by atoms with Crippen LogP contribution in [0.2, 0.25) is 0 Å². The predicted molar refractivity (Wildman–Crippen MR) is 66.6 cm³/mol. The Kier molecular flexibility index (Phi) is 4.54. The number of rotatable bonds is 2. The molecule has 0 radical (unpaired) electrons. The van der Waals surface area contributed by atoms with E-state index in [9.17, 15) is 4.79 Å². The number of amides is 1. The van der Waals surface area contributed by atoms with Gasteiger partial charge in [-0.15, -0.1) is 12.4 Å². The highest BCUT2D eigenvalue weighted by molar-refractivity contribution is 5.92. The number of aryl methyl sites for hydroxylation is 2. The monoisotopic (exact) mass is 259 g/mol. The minimum absolute atomic E-state index is 0. The van der Waals surface area contributed by atoms with Crippen LogP contribution < -0.4 is 5.32 Å². The smallest absolute Gasteiger partial charge is 0.291 e. The maximum atomic E-state index is 12.1. The van der Waals surface area contributed by atoms with E-state index in [2.05, 4.69) is 10.3 Å². The van der Waals surface area contributed by atoms with Gasteiger partial charge in [0.15, 0.2) is 5.89 Å². The van der Waals surface area contributed by atoms with E-state index < -0.39 is 0 Å². The number of aromatic nitrogens is 1. The van der Waals surface area contributed by atoms with Gasteiger partial charge in [-0.3, -0.25) is 4.79 Å². The molecule has 1 fully saturated rings. The van der Waals surface area contributed by atoms with Crippen LogP contribution in [0.15, 0.2) is 4.42 Å². The molecular formula is C11H18ClN3O2. The van der Waals surface area contributed by atoms with Gasteiger partial charge in [0.05, 0.1) is 5.69 Å². The van der Waals surface area contributed by atoms with E-state index in [0.717, 1.165) is 19.5 Å². The summed E-state index contributed by atoms with van der Waals surface area (Å²) in [5.41, 5.74) is 0.667. The zero-order valence-electron chi connectivity index (χ0n) is 10.3. The lowest BCUT2D eigenvalue weighted by Gasteiger charge is -2.22. The predicted octanol–water partition coefficient (Wildman–Crippen LogP) is 1.15. The number of nitrogens with one attached hydrogen (secondary N) is 1. The molecule has 1 atom stereocenters. The molecule has 0 bridgehead atoms. The molecule has 0 saturated carbocycles. The SMILES string of the molecule is Cc1nc(C)c(C(=O)N(C)C2CCNC2)o1.Cl. The fourth-order valence-electron chi connectivity index (χ4n) is 2.03. The lowest BCUT2D eigenvalue weighted by molar-refractivity contribution is 0.0709. The third-order valence-electron chi connectivity index (χ3n) is 3.00. The quantitative estimate of drug-likeness (QED) is 0.866. The van der Waals surface area contributed by atoms with Crippen LogP contribution in [0.5, 0.6) is 0 Å². The summed E-state index contributed by atoms with van der Waals surface area (Å²) < 4.78 is 5.33. The highest BCUT2D eigenvalue weighted by atomic mass is 35.5. The largest absolute Gasteiger partial charge is 0.436 e. The Labute approximate surface area is 107 Å². The van der Waals surface area contributed by atoms with Crippen molar-refractivity contribution >= 4 is 18.3 Å². The zero-order valence-corrected chi connectivity index (χ0v) is 11.1. The average molecular weight is 260 g/mol. The Bertz CT molecular complexity index is 399. The molecule has 0 aromatic carbocycles. The fraction of sp³-hybridized carbons (Fsp3) is 0.636. The van der Waals surface area contributed by atoms with Crippen molar-refractivity contribution in [3.8, 4) is 0 Å². The number of hydrogen-bond acceptors (Lipinski definition) is 4. The summed E-state index contributed by atoms with van der Waals surface area (Å²) in [6.07, 6.45) is 0.994. The van der Waals surface area contributed by atoms with E-state index in [0.29, 0.717) is 17.3 Å². The number of nitrogens with zero attached hydrogens (tertiary/aromatic N) is 2. The van der Waals surface area contributed by atoms with Gasteiger partial charge in [0.1, 0.15) is 0 Å². The van der Waals surface area contributed by atoms with Crippen LogP contribution in [0.3, 0.4) is 0 Å². The van der Waals surface area contributed by atoms with Crippen molar-refractivity contribution in [2.75, 3.05) is 20.1 Å². The zero-order chi connectivity index (χ0) is 11.7. The molecule has 1 aromatic heterocycles. The molecule has 96 valence electrons. The van der Waals surface area contributed by atoms with Crippen molar-refractivity contribution in [3.63, 3.8) is 0 Å². The Balaban J connectivity index is 0.00000144. The Morgan fingerprint density at radius 1 is 1.53 bits per heavy atom. The van der Waals surface area contributed by atoms with Crippen LogP contribution >= 0.6 is 12.4 Å². The molecule has 0 aliphatic carbocycles. The highest BCUT2D eigenvalue weighted by Gasteiger charge is 2.27. The Hall–Kier alpha value is -1.07. The molecule has 2 heterocycles. The molecule has 1 aromatic rings. The van der Waals surface area contributed by atoms with Gasteiger partial charge in [0.25, 0.3) is 5.91 Å². The van der Waals surface area contributed by atoms with Gasteiger partial charge in [-0.05, 0) is 19.9 Å². The van der Waals surface area contributed by atoms with E-state index in [-0.39, 0.29) is 24.4 Å². The van der Waals surface area contributed by atoms with E-state index in [1.54, 1.807) is 18.7 Å². The first kappa shape index (κ1) is 14.0. The van der Waals surface area contributed by atoms with Crippen LogP contribution in [-0.4, -0.2) is 42.0 Å². The number of oxazole rings is 1. The first-order valence-corrected chi connectivity index (χ1v) is 5.51. The number of carbonyl (C=O) groups is 1. The van der Waals surface area contributed by atoms with E-state index >= 15 is 0 Å². The summed E-state index contributed by atoms with van der Waals surface area (Å²) in [5, 5.41) is 3.24. The summed E-state index contributed by atoms with van der Waals surface area (Å²) >= 11 is 0. The summed E-state index contributed by atoms with van der Waals surface area (Å²) in [4.78, 5) is 18.0. The van der Waals surface area contributed by atoms with Crippen LogP contribution in [0.25, 0.3) is 0 Å². The third kappa shape index (κ3) is 2.79.